The number of carbonyl (C=O) groups is 1. The summed E-state index contributed by atoms with van der Waals surface area (Å²) in [6.07, 6.45) is 2.43. The van der Waals surface area contributed by atoms with Gasteiger partial charge >= 0.3 is 0 Å². The Hall–Kier alpha value is -3.60. The molecule has 4 aromatic carbocycles. The Morgan fingerprint density at radius 1 is 0.784 bits per heavy atom. The van der Waals surface area contributed by atoms with Gasteiger partial charge in [0.05, 0.1) is 0 Å². The van der Waals surface area contributed by atoms with Gasteiger partial charge in [0.1, 0.15) is 12.4 Å². The van der Waals surface area contributed by atoms with Crippen LogP contribution >= 0.6 is 11.6 Å². The SMILES string of the molecule is NCCCN(Cc1cccc(OCc2ccccc2Cl)c1)C(=O)c1ccccc1CCc1ccccc1. The number of halogens is 1. The van der Waals surface area contributed by atoms with E-state index in [4.69, 9.17) is 22.1 Å². The van der Waals surface area contributed by atoms with E-state index in [1.165, 1.54) is 5.56 Å². The van der Waals surface area contributed by atoms with Gasteiger partial charge in [-0.2, -0.15) is 0 Å². The third-order valence-corrected chi connectivity index (χ3v) is 6.69. The van der Waals surface area contributed by atoms with E-state index in [0.717, 1.165) is 47.3 Å². The van der Waals surface area contributed by atoms with Crippen molar-refractivity contribution in [2.45, 2.75) is 32.4 Å². The van der Waals surface area contributed by atoms with Crippen LogP contribution in [0.5, 0.6) is 5.75 Å². The van der Waals surface area contributed by atoms with Crippen molar-refractivity contribution in [1.29, 1.82) is 0 Å². The lowest BCUT2D eigenvalue weighted by Crippen LogP contribution is -2.33. The average Bonchev–Trinajstić information content (AvgIpc) is 2.94. The van der Waals surface area contributed by atoms with Crippen molar-refractivity contribution in [2.75, 3.05) is 13.1 Å². The van der Waals surface area contributed by atoms with E-state index < -0.39 is 0 Å². The molecule has 0 saturated heterocycles. The molecule has 0 aromatic heterocycles. The number of nitrogens with zero attached hydrogens (tertiary/aromatic N) is 1. The van der Waals surface area contributed by atoms with Crippen molar-refractivity contribution in [1.82, 2.24) is 4.90 Å². The molecule has 190 valence electrons. The van der Waals surface area contributed by atoms with Crippen LogP contribution in [-0.2, 0) is 26.0 Å². The lowest BCUT2D eigenvalue weighted by atomic mass is 9.98. The van der Waals surface area contributed by atoms with Crippen LogP contribution < -0.4 is 10.5 Å². The molecular weight excluding hydrogens is 480 g/mol. The Bertz CT molecular complexity index is 1290. The molecule has 37 heavy (non-hydrogen) atoms. The number of benzene rings is 4. The van der Waals surface area contributed by atoms with Crippen molar-refractivity contribution in [3.63, 3.8) is 0 Å². The fraction of sp³-hybridized carbons (Fsp3) is 0.219. The number of ether oxygens (including phenoxy) is 1. The summed E-state index contributed by atoms with van der Waals surface area (Å²) in [4.78, 5) is 15.6. The molecule has 4 rings (SSSR count). The zero-order valence-corrected chi connectivity index (χ0v) is 21.7. The van der Waals surface area contributed by atoms with Crippen molar-refractivity contribution in [3.05, 3.63) is 136 Å². The number of amides is 1. The van der Waals surface area contributed by atoms with Gasteiger partial charge in [-0.25, -0.2) is 0 Å². The molecule has 0 unspecified atom stereocenters. The van der Waals surface area contributed by atoms with Gasteiger partial charge in [0.2, 0.25) is 0 Å². The second-order valence-electron chi connectivity index (χ2n) is 9.04. The first kappa shape index (κ1) is 26.5. The summed E-state index contributed by atoms with van der Waals surface area (Å²) in [6, 6.07) is 33.8. The van der Waals surface area contributed by atoms with Gasteiger partial charge < -0.3 is 15.4 Å². The number of carbonyl (C=O) groups excluding carboxylic acids is 1. The Balaban J connectivity index is 1.48. The predicted octanol–water partition coefficient (Wildman–Crippen LogP) is 6.70. The lowest BCUT2D eigenvalue weighted by Gasteiger charge is -2.24. The van der Waals surface area contributed by atoms with E-state index in [0.29, 0.717) is 31.3 Å². The zero-order valence-electron chi connectivity index (χ0n) is 21.0. The average molecular weight is 513 g/mol. The Labute approximate surface area is 224 Å². The predicted molar refractivity (Wildman–Crippen MR) is 151 cm³/mol. The first-order valence-corrected chi connectivity index (χ1v) is 13.1. The highest BCUT2D eigenvalue weighted by molar-refractivity contribution is 6.31. The topological polar surface area (TPSA) is 55.6 Å². The summed E-state index contributed by atoms with van der Waals surface area (Å²) < 4.78 is 6.01. The van der Waals surface area contributed by atoms with Crippen LogP contribution in [0.2, 0.25) is 5.02 Å². The van der Waals surface area contributed by atoms with Crippen LogP contribution in [0.4, 0.5) is 0 Å². The van der Waals surface area contributed by atoms with Crippen molar-refractivity contribution in [3.8, 4) is 5.75 Å². The molecule has 0 aliphatic rings. The van der Waals surface area contributed by atoms with Gasteiger partial charge in [-0.1, -0.05) is 90.5 Å². The molecule has 5 heteroatoms. The van der Waals surface area contributed by atoms with E-state index in [2.05, 4.69) is 18.2 Å². The van der Waals surface area contributed by atoms with Crippen LogP contribution in [0, 0.1) is 0 Å². The smallest absolute Gasteiger partial charge is 0.254 e. The number of rotatable bonds is 12. The molecule has 4 aromatic rings. The van der Waals surface area contributed by atoms with E-state index in [-0.39, 0.29) is 5.91 Å². The van der Waals surface area contributed by atoms with E-state index in [1.54, 1.807) is 0 Å². The molecule has 4 nitrogen and oxygen atoms in total. The maximum absolute atomic E-state index is 13.8. The number of hydrogen-bond donors (Lipinski definition) is 1. The molecule has 0 aliphatic heterocycles. The molecular formula is C32H33ClN2O2. The minimum Gasteiger partial charge on any atom is -0.489 e. The summed E-state index contributed by atoms with van der Waals surface area (Å²) in [7, 11) is 0. The molecule has 0 spiro atoms. The van der Waals surface area contributed by atoms with E-state index >= 15 is 0 Å². The van der Waals surface area contributed by atoms with Gasteiger partial charge in [0.25, 0.3) is 5.91 Å². The van der Waals surface area contributed by atoms with Crippen LogP contribution in [0.1, 0.15) is 39.0 Å². The molecule has 0 atom stereocenters. The third kappa shape index (κ3) is 7.69. The molecule has 0 aliphatic carbocycles. The normalized spacial score (nSPS) is 10.8. The maximum atomic E-state index is 13.8. The fourth-order valence-corrected chi connectivity index (χ4v) is 4.50. The Kier molecular flexibility index (Phi) is 9.75. The van der Waals surface area contributed by atoms with Gasteiger partial charge in [-0.3, -0.25) is 4.79 Å². The monoisotopic (exact) mass is 512 g/mol. The highest BCUT2D eigenvalue weighted by Gasteiger charge is 2.19. The van der Waals surface area contributed by atoms with Crippen LogP contribution in [0.25, 0.3) is 0 Å². The standard InChI is InChI=1S/C32H33ClN2O2/c33-31-17-7-5-14-28(31)24-37-29-15-8-12-26(22-29)23-35(21-9-20-34)32(36)30-16-6-4-13-27(30)19-18-25-10-2-1-3-11-25/h1-8,10-17,22H,9,18-21,23-24,34H2. The van der Waals surface area contributed by atoms with Gasteiger partial charge in [-0.05, 0) is 66.8 Å². The summed E-state index contributed by atoms with van der Waals surface area (Å²) >= 11 is 6.27. The molecule has 0 radical (unpaired) electrons. The van der Waals surface area contributed by atoms with Crippen molar-refractivity contribution >= 4 is 17.5 Å². The highest BCUT2D eigenvalue weighted by Crippen LogP contribution is 2.22. The van der Waals surface area contributed by atoms with E-state index in [1.807, 2.05) is 89.8 Å². The minimum atomic E-state index is 0.0273. The zero-order chi connectivity index (χ0) is 25.9. The van der Waals surface area contributed by atoms with Crippen LogP contribution in [0.3, 0.4) is 0 Å². The van der Waals surface area contributed by atoms with E-state index in [9.17, 15) is 4.79 Å². The van der Waals surface area contributed by atoms with Gasteiger partial charge in [0.15, 0.2) is 0 Å². The Morgan fingerprint density at radius 3 is 2.27 bits per heavy atom. The summed E-state index contributed by atoms with van der Waals surface area (Å²) in [5, 5.41) is 0.683. The van der Waals surface area contributed by atoms with Crippen LogP contribution in [0.15, 0.2) is 103 Å². The molecule has 0 saturated carbocycles. The third-order valence-electron chi connectivity index (χ3n) is 6.32. The highest BCUT2D eigenvalue weighted by atomic mass is 35.5. The van der Waals surface area contributed by atoms with Gasteiger partial charge in [-0.15, -0.1) is 0 Å². The molecule has 1 amide bonds. The minimum absolute atomic E-state index is 0.0273. The molecule has 0 bridgehead atoms. The first-order chi connectivity index (χ1) is 18.1. The summed E-state index contributed by atoms with van der Waals surface area (Å²) in [5.41, 5.74) is 10.8. The van der Waals surface area contributed by atoms with Crippen LogP contribution in [-0.4, -0.2) is 23.9 Å². The number of nitrogens with two attached hydrogens (primary N) is 1. The second-order valence-corrected chi connectivity index (χ2v) is 9.45. The lowest BCUT2D eigenvalue weighted by molar-refractivity contribution is 0.0741. The maximum Gasteiger partial charge on any atom is 0.254 e. The van der Waals surface area contributed by atoms with Crippen molar-refractivity contribution < 1.29 is 9.53 Å². The fourth-order valence-electron chi connectivity index (χ4n) is 4.31. The van der Waals surface area contributed by atoms with Crippen molar-refractivity contribution in [2.24, 2.45) is 5.73 Å². The second kappa shape index (κ2) is 13.6. The molecule has 0 heterocycles. The number of aryl methyl sites for hydroxylation is 2. The first-order valence-electron chi connectivity index (χ1n) is 12.7. The number of hydrogen-bond acceptors (Lipinski definition) is 3. The summed E-state index contributed by atoms with van der Waals surface area (Å²) in [6.45, 7) is 1.98. The molecule has 0 fully saturated rings. The van der Waals surface area contributed by atoms with Gasteiger partial charge in [0, 0.05) is 29.2 Å². The molecule has 2 N–H and O–H groups in total. The summed E-state index contributed by atoms with van der Waals surface area (Å²) in [5.74, 6) is 0.770. The largest absolute Gasteiger partial charge is 0.489 e. The Morgan fingerprint density at radius 2 is 1.49 bits per heavy atom. The quantitative estimate of drug-likeness (QED) is 0.230.